The summed E-state index contributed by atoms with van der Waals surface area (Å²) in [6.45, 7) is 3.60. The number of hydrogen-bond donors (Lipinski definition) is 1. The van der Waals surface area contributed by atoms with Gasteiger partial charge in [0.1, 0.15) is 0 Å². The Hall–Kier alpha value is 0.1000. The Morgan fingerprint density at radius 2 is 2.08 bits per heavy atom. The lowest BCUT2D eigenvalue weighted by Crippen LogP contribution is -2.39. The smallest absolute Gasteiger partial charge is 0.233 e. The molecule has 0 bridgehead atoms. The predicted molar refractivity (Wildman–Crippen MR) is 54.9 cm³/mol. The van der Waals surface area contributed by atoms with Crippen LogP contribution in [0.1, 0.15) is 13.8 Å². The summed E-state index contributed by atoms with van der Waals surface area (Å²) >= 11 is 3.15. The number of alkyl halides is 1. The number of rotatable bonds is 4. The molecule has 3 unspecified atom stereocenters. The lowest BCUT2D eigenvalue weighted by molar-refractivity contribution is -0.120. The van der Waals surface area contributed by atoms with Crippen LogP contribution in [-0.2, 0) is 15.6 Å². The van der Waals surface area contributed by atoms with E-state index >= 15 is 0 Å². The van der Waals surface area contributed by atoms with Crippen molar-refractivity contribution in [3.63, 3.8) is 0 Å². The fourth-order valence-electron chi connectivity index (χ4n) is 0.751. The van der Waals surface area contributed by atoms with E-state index < -0.39 is 10.8 Å². The lowest BCUT2D eigenvalue weighted by Gasteiger charge is -2.13. The van der Waals surface area contributed by atoms with Gasteiger partial charge in [-0.25, -0.2) is 0 Å². The second-order valence-electron chi connectivity index (χ2n) is 2.77. The standard InChI is InChI=1S/C7H14BrNO2S/c1-5(4-12(3)11)9-7(10)6(2)8/h5-6H,4H2,1-3H3,(H,9,10). The first-order valence-corrected chi connectivity index (χ1v) is 6.32. The molecular weight excluding hydrogens is 242 g/mol. The number of hydrogen-bond acceptors (Lipinski definition) is 2. The van der Waals surface area contributed by atoms with E-state index in [4.69, 9.17) is 0 Å². The summed E-state index contributed by atoms with van der Waals surface area (Å²) in [6, 6.07) is -0.0247. The van der Waals surface area contributed by atoms with Crippen LogP contribution in [0.3, 0.4) is 0 Å². The van der Waals surface area contributed by atoms with E-state index in [1.165, 1.54) is 0 Å². The van der Waals surface area contributed by atoms with Gasteiger partial charge >= 0.3 is 0 Å². The minimum atomic E-state index is -0.855. The van der Waals surface area contributed by atoms with Gasteiger partial charge in [-0.05, 0) is 13.8 Å². The van der Waals surface area contributed by atoms with Gasteiger partial charge in [0.2, 0.25) is 5.91 Å². The summed E-state index contributed by atoms with van der Waals surface area (Å²) in [5.74, 6) is 0.443. The Labute approximate surface area is 83.9 Å². The molecule has 0 aliphatic carbocycles. The number of halogens is 1. The summed E-state index contributed by atoms with van der Waals surface area (Å²) in [4.78, 5) is 10.9. The molecule has 0 aliphatic rings. The maximum Gasteiger partial charge on any atom is 0.233 e. The van der Waals surface area contributed by atoms with E-state index in [0.717, 1.165) is 0 Å². The molecule has 0 spiro atoms. The Morgan fingerprint density at radius 3 is 2.42 bits per heavy atom. The van der Waals surface area contributed by atoms with Crippen molar-refractivity contribution >= 4 is 32.6 Å². The summed E-state index contributed by atoms with van der Waals surface area (Å²) in [5.41, 5.74) is 0. The molecule has 1 amide bonds. The molecule has 0 aliphatic heterocycles. The summed E-state index contributed by atoms with van der Waals surface area (Å²) < 4.78 is 10.8. The van der Waals surface area contributed by atoms with Crippen LogP contribution in [0.2, 0.25) is 0 Å². The first-order chi connectivity index (χ1) is 5.43. The molecule has 12 heavy (non-hydrogen) atoms. The third kappa shape index (κ3) is 5.71. The van der Waals surface area contributed by atoms with Crippen LogP contribution in [0.15, 0.2) is 0 Å². The van der Waals surface area contributed by atoms with Gasteiger partial charge in [-0.1, -0.05) is 15.9 Å². The van der Waals surface area contributed by atoms with Gasteiger partial charge in [0.25, 0.3) is 0 Å². The van der Waals surface area contributed by atoms with Gasteiger partial charge < -0.3 is 5.32 Å². The van der Waals surface area contributed by atoms with Crippen molar-refractivity contribution in [2.24, 2.45) is 0 Å². The van der Waals surface area contributed by atoms with E-state index in [2.05, 4.69) is 21.2 Å². The van der Waals surface area contributed by atoms with Crippen molar-refractivity contribution < 1.29 is 9.00 Å². The normalized spacial score (nSPS) is 18.0. The molecule has 5 heteroatoms. The highest BCUT2D eigenvalue weighted by Crippen LogP contribution is 1.97. The van der Waals surface area contributed by atoms with Gasteiger partial charge in [0.15, 0.2) is 0 Å². The zero-order valence-electron chi connectivity index (χ0n) is 7.46. The Bertz CT molecular complexity index is 184. The van der Waals surface area contributed by atoms with Crippen LogP contribution in [0.25, 0.3) is 0 Å². The van der Waals surface area contributed by atoms with Gasteiger partial charge in [0, 0.05) is 28.9 Å². The molecule has 3 atom stereocenters. The average molecular weight is 256 g/mol. The minimum Gasteiger partial charge on any atom is -0.352 e. The Kier molecular flexibility index (Phi) is 5.74. The van der Waals surface area contributed by atoms with Crippen LogP contribution >= 0.6 is 15.9 Å². The van der Waals surface area contributed by atoms with Crippen molar-refractivity contribution in [1.29, 1.82) is 0 Å². The molecule has 0 aromatic heterocycles. The number of nitrogens with one attached hydrogen (secondary N) is 1. The highest BCUT2D eigenvalue weighted by molar-refractivity contribution is 9.10. The molecular formula is C7H14BrNO2S. The van der Waals surface area contributed by atoms with E-state index in [0.29, 0.717) is 5.75 Å². The van der Waals surface area contributed by atoms with Crippen LogP contribution in [0.4, 0.5) is 0 Å². The Morgan fingerprint density at radius 1 is 1.58 bits per heavy atom. The molecule has 0 radical (unpaired) electrons. The molecule has 72 valence electrons. The van der Waals surface area contributed by atoms with Crippen LogP contribution in [0, 0.1) is 0 Å². The first kappa shape index (κ1) is 12.1. The quantitative estimate of drug-likeness (QED) is 0.751. The van der Waals surface area contributed by atoms with Crippen molar-refractivity contribution in [1.82, 2.24) is 5.32 Å². The summed E-state index contributed by atoms with van der Waals surface area (Å²) in [5, 5.41) is 2.73. The second-order valence-corrected chi connectivity index (χ2v) is 5.62. The van der Waals surface area contributed by atoms with E-state index in [1.807, 2.05) is 6.92 Å². The van der Waals surface area contributed by atoms with Gasteiger partial charge in [-0.3, -0.25) is 9.00 Å². The fourth-order valence-corrected chi connectivity index (χ4v) is 1.67. The maximum atomic E-state index is 11.1. The van der Waals surface area contributed by atoms with Gasteiger partial charge in [-0.15, -0.1) is 0 Å². The molecule has 0 heterocycles. The summed E-state index contributed by atoms with van der Waals surface area (Å²) in [7, 11) is -0.855. The third-order valence-corrected chi connectivity index (χ3v) is 2.62. The number of amides is 1. The monoisotopic (exact) mass is 255 g/mol. The lowest BCUT2D eigenvalue weighted by atomic mass is 10.3. The van der Waals surface area contributed by atoms with E-state index in [9.17, 15) is 9.00 Å². The molecule has 1 N–H and O–H groups in total. The van der Waals surface area contributed by atoms with Gasteiger partial charge in [-0.2, -0.15) is 0 Å². The third-order valence-electron chi connectivity index (χ3n) is 1.23. The molecule has 0 saturated carbocycles. The second kappa shape index (κ2) is 5.70. The summed E-state index contributed by atoms with van der Waals surface area (Å²) in [6.07, 6.45) is 1.63. The molecule has 0 aromatic carbocycles. The van der Waals surface area contributed by atoms with Crippen LogP contribution < -0.4 is 5.32 Å². The maximum absolute atomic E-state index is 11.1. The molecule has 0 rings (SSSR count). The predicted octanol–water partition coefficient (Wildman–Crippen LogP) is 0.653. The zero-order valence-corrected chi connectivity index (χ0v) is 9.87. The van der Waals surface area contributed by atoms with Gasteiger partial charge in [0.05, 0.1) is 4.83 Å². The van der Waals surface area contributed by atoms with Crippen molar-refractivity contribution in [3.8, 4) is 0 Å². The van der Waals surface area contributed by atoms with E-state index in [1.54, 1.807) is 13.2 Å². The first-order valence-electron chi connectivity index (χ1n) is 3.68. The van der Waals surface area contributed by atoms with Crippen LogP contribution in [-0.4, -0.2) is 33.0 Å². The highest BCUT2D eigenvalue weighted by atomic mass is 79.9. The number of carbonyl (C=O) groups is 1. The molecule has 0 aromatic rings. The Balaban J connectivity index is 3.76. The average Bonchev–Trinajstić information content (AvgIpc) is 1.84. The SMILES string of the molecule is CC(CS(C)=O)NC(=O)C(C)Br. The largest absolute Gasteiger partial charge is 0.352 e. The molecule has 3 nitrogen and oxygen atoms in total. The van der Waals surface area contributed by atoms with E-state index in [-0.39, 0.29) is 16.8 Å². The topological polar surface area (TPSA) is 46.2 Å². The van der Waals surface area contributed by atoms with Crippen molar-refractivity contribution in [2.75, 3.05) is 12.0 Å². The van der Waals surface area contributed by atoms with Crippen molar-refractivity contribution in [2.45, 2.75) is 24.7 Å². The fraction of sp³-hybridized carbons (Fsp3) is 0.857. The number of carbonyl (C=O) groups excluding carboxylic acids is 1. The minimum absolute atomic E-state index is 0.0247. The zero-order chi connectivity index (χ0) is 9.72. The van der Waals surface area contributed by atoms with Crippen molar-refractivity contribution in [3.05, 3.63) is 0 Å². The molecule has 0 fully saturated rings. The van der Waals surface area contributed by atoms with Crippen LogP contribution in [0.5, 0.6) is 0 Å². The highest BCUT2D eigenvalue weighted by Gasteiger charge is 2.12. The molecule has 0 saturated heterocycles.